The van der Waals surface area contributed by atoms with E-state index in [4.69, 9.17) is 4.78 Å². The fraction of sp³-hybridized carbons (Fsp3) is 0.500. The van der Waals surface area contributed by atoms with Gasteiger partial charge in [0, 0.05) is 11.2 Å². The molecule has 0 saturated heterocycles. The zero-order valence-corrected chi connectivity index (χ0v) is 10.6. The third kappa shape index (κ3) is 4.04. The molecule has 84 valence electrons. The molecule has 0 aliphatic carbocycles. The molecular weight excluding hydrogens is 206 g/mol. The highest BCUT2D eigenvalue weighted by atomic mass is 32.2. The lowest BCUT2D eigenvalue weighted by atomic mass is 9.88. The Balaban J connectivity index is 3.04. The number of hydrogen-bond donors (Lipinski definition) is 1. The van der Waals surface area contributed by atoms with Crippen LogP contribution in [0.5, 0.6) is 0 Å². The molecule has 1 rings (SSSR count). The van der Waals surface area contributed by atoms with Gasteiger partial charge in [-0.2, -0.15) is 0 Å². The quantitative estimate of drug-likeness (QED) is 0.824. The molecule has 0 aliphatic rings. The van der Waals surface area contributed by atoms with Crippen molar-refractivity contribution >= 4 is 9.73 Å². The van der Waals surface area contributed by atoms with Crippen LogP contribution in [0.1, 0.15) is 26.3 Å². The topological polar surface area (TPSA) is 40.9 Å². The summed E-state index contributed by atoms with van der Waals surface area (Å²) in [5, 5.41) is 0. The smallest absolute Gasteiger partial charge is 0.0696 e. The lowest BCUT2D eigenvalue weighted by Gasteiger charge is -2.18. The van der Waals surface area contributed by atoms with Gasteiger partial charge in [-0.05, 0) is 29.5 Å². The van der Waals surface area contributed by atoms with Gasteiger partial charge < -0.3 is 0 Å². The van der Waals surface area contributed by atoms with Crippen molar-refractivity contribution in [3.8, 4) is 0 Å². The number of benzene rings is 1. The molecule has 1 unspecified atom stereocenters. The normalized spacial score (nSPS) is 16.0. The molecule has 0 aromatic heterocycles. The molecule has 0 aliphatic heterocycles. The summed E-state index contributed by atoms with van der Waals surface area (Å²) in [6, 6.07) is 7.57. The van der Waals surface area contributed by atoms with Gasteiger partial charge in [-0.15, -0.1) is 0 Å². The number of nitrogens with one attached hydrogen (secondary N) is 1. The maximum Gasteiger partial charge on any atom is 0.0696 e. The van der Waals surface area contributed by atoms with E-state index in [1.165, 1.54) is 6.26 Å². The van der Waals surface area contributed by atoms with E-state index in [9.17, 15) is 4.21 Å². The second-order valence-corrected chi connectivity index (χ2v) is 7.39. The van der Waals surface area contributed by atoms with Crippen molar-refractivity contribution in [1.82, 2.24) is 0 Å². The predicted octanol–water partition coefficient (Wildman–Crippen LogP) is 3.31. The van der Waals surface area contributed by atoms with Crippen LogP contribution < -0.4 is 0 Å². The van der Waals surface area contributed by atoms with E-state index in [-0.39, 0.29) is 5.41 Å². The third-order valence-corrected chi connectivity index (χ3v) is 3.24. The van der Waals surface area contributed by atoms with Crippen molar-refractivity contribution in [2.24, 2.45) is 5.41 Å². The number of rotatable bonds is 2. The van der Waals surface area contributed by atoms with Gasteiger partial charge in [-0.3, -0.25) is 0 Å². The van der Waals surface area contributed by atoms with Crippen molar-refractivity contribution in [1.29, 1.82) is 4.78 Å². The minimum atomic E-state index is -2.58. The van der Waals surface area contributed by atoms with Crippen LogP contribution in [0.2, 0.25) is 0 Å². The largest absolute Gasteiger partial charge is 0.249 e. The van der Waals surface area contributed by atoms with E-state index in [0.29, 0.717) is 4.90 Å². The average Bonchev–Trinajstić information content (AvgIpc) is 1.99. The first-order valence-electron chi connectivity index (χ1n) is 5.01. The summed E-state index contributed by atoms with van der Waals surface area (Å²) >= 11 is 0. The summed E-state index contributed by atoms with van der Waals surface area (Å²) in [6.45, 7) is 6.51. The Morgan fingerprint density at radius 1 is 1.33 bits per heavy atom. The molecule has 1 atom stereocenters. The van der Waals surface area contributed by atoms with Gasteiger partial charge in [0.15, 0.2) is 0 Å². The first kappa shape index (κ1) is 12.2. The molecular formula is C12H19NOS. The van der Waals surface area contributed by atoms with Crippen LogP contribution in [0, 0.1) is 10.2 Å². The molecule has 0 fully saturated rings. The van der Waals surface area contributed by atoms with E-state index in [1.54, 1.807) is 6.07 Å². The molecule has 0 spiro atoms. The predicted molar refractivity (Wildman–Crippen MR) is 64.7 cm³/mol. The molecule has 0 saturated carbocycles. The van der Waals surface area contributed by atoms with Crippen LogP contribution in [-0.2, 0) is 16.1 Å². The van der Waals surface area contributed by atoms with Crippen molar-refractivity contribution in [3.63, 3.8) is 0 Å². The second kappa shape index (κ2) is 3.97. The Bertz CT molecular complexity index is 441. The second-order valence-electron chi connectivity index (χ2n) is 5.23. The maximum absolute atomic E-state index is 11.6. The van der Waals surface area contributed by atoms with Crippen molar-refractivity contribution < 1.29 is 4.21 Å². The SMILES string of the molecule is CC(C)(C)Cc1cccc(S(C)(=N)=O)c1. The molecule has 2 nitrogen and oxygen atoms in total. The van der Waals surface area contributed by atoms with E-state index in [1.807, 2.05) is 18.2 Å². The van der Waals surface area contributed by atoms with Crippen LogP contribution in [0.4, 0.5) is 0 Å². The number of hydrogen-bond acceptors (Lipinski definition) is 2. The van der Waals surface area contributed by atoms with E-state index in [0.717, 1.165) is 12.0 Å². The van der Waals surface area contributed by atoms with Gasteiger partial charge in [-0.25, -0.2) is 8.99 Å². The Morgan fingerprint density at radius 2 is 1.93 bits per heavy atom. The van der Waals surface area contributed by atoms with Crippen LogP contribution >= 0.6 is 0 Å². The van der Waals surface area contributed by atoms with Crippen molar-refractivity contribution in [2.75, 3.05) is 6.26 Å². The summed E-state index contributed by atoms with van der Waals surface area (Å²) in [7, 11) is -2.58. The van der Waals surface area contributed by atoms with E-state index >= 15 is 0 Å². The fourth-order valence-corrected chi connectivity index (χ4v) is 2.22. The molecule has 0 amide bonds. The minimum Gasteiger partial charge on any atom is -0.249 e. The summed E-state index contributed by atoms with van der Waals surface area (Å²) in [5.41, 5.74) is 1.37. The molecule has 1 aromatic carbocycles. The summed E-state index contributed by atoms with van der Waals surface area (Å²) in [5.74, 6) is 0. The lowest BCUT2D eigenvalue weighted by molar-refractivity contribution is 0.411. The van der Waals surface area contributed by atoms with E-state index < -0.39 is 9.73 Å². The summed E-state index contributed by atoms with van der Waals surface area (Å²) in [6.07, 6.45) is 2.40. The minimum absolute atomic E-state index is 0.218. The standard InChI is InChI=1S/C12H19NOS/c1-12(2,3)9-10-6-5-7-11(8-10)15(4,13)14/h5-8,13H,9H2,1-4H3. The fourth-order valence-electron chi connectivity index (χ4n) is 1.51. The average molecular weight is 225 g/mol. The van der Waals surface area contributed by atoms with E-state index in [2.05, 4.69) is 20.8 Å². The van der Waals surface area contributed by atoms with Gasteiger partial charge in [0.25, 0.3) is 0 Å². The highest BCUT2D eigenvalue weighted by Crippen LogP contribution is 2.22. The zero-order chi connectivity index (χ0) is 11.7. The molecule has 0 bridgehead atoms. The Hall–Kier alpha value is -0.830. The highest BCUT2D eigenvalue weighted by molar-refractivity contribution is 7.91. The van der Waals surface area contributed by atoms with Gasteiger partial charge in [0.2, 0.25) is 0 Å². The Kier molecular flexibility index (Phi) is 3.24. The van der Waals surface area contributed by atoms with Gasteiger partial charge in [0.05, 0.1) is 9.73 Å². The molecule has 1 aromatic rings. The molecule has 15 heavy (non-hydrogen) atoms. The molecule has 0 heterocycles. The molecule has 0 radical (unpaired) electrons. The first-order valence-corrected chi connectivity index (χ1v) is 6.98. The summed E-state index contributed by atoms with van der Waals surface area (Å²) in [4.78, 5) is 0.629. The van der Waals surface area contributed by atoms with Gasteiger partial charge in [0.1, 0.15) is 0 Å². The first-order chi connectivity index (χ1) is 6.68. The van der Waals surface area contributed by atoms with Crippen LogP contribution in [0.25, 0.3) is 0 Å². The Labute approximate surface area is 92.7 Å². The highest BCUT2D eigenvalue weighted by Gasteiger charge is 2.12. The van der Waals surface area contributed by atoms with Crippen LogP contribution in [0.15, 0.2) is 29.2 Å². The van der Waals surface area contributed by atoms with Crippen LogP contribution in [-0.4, -0.2) is 10.5 Å². The van der Waals surface area contributed by atoms with Crippen molar-refractivity contribution in [3.05, 3.63) is 29.8 Å². The van der Waals surface area contributed by atoms with Crippen LogP contribution in [0.3, 0.4) is 0 Å². The monoisotopic (exact) mass is 225 g/mol. The van der Waals surface area contributed by atoms with Crippen molar-refractivity contribution in [2.45, 2.75) is 32.1 Å². The molecule has 3 heteroatoms. The zero-order valence-electron chi connectivity index (χ0n) is 9.83. The molecule has 1 N–H and O–H groups in total. The third-order valence-electron chi connectivity index (χ3n) is 2.08. The lowest BCUT2D eigenvalue weighted by Crippen LogP contribution is -2.09. The summed E-state index contributed by atoms with van der Waals surface area (Å²) < 4.78 is 19.1. The van der Waals surface area contributed by atoms with Gasteiger partial charge >= 0.3 is 0 Å². The Morgan fingerprint density at radius 3 is 2.40 bits per heavy atom. The van der Waals surface area contributed by atoms with Gasteiger partial charge in [-0.1, -0.05) is 32.9 Å². The maximum atomic E-state index is 11.6.